The Balaban J connectivity index is 2.21. The van der Waals surface area contributed by atoms with E-state index in [2.05, 4.69) is 20.8 Å². The summed E-state index contributed by atoms with van der Waals surface area (Å²) in [7, 11) is 1.44. The highest BCUT2D eigenvalue weighted by Crippen LogP contribution is 2.53. The lowest BCUT2D eigenvalue weighted by atomic mass is 9.55. The lowest BCUT2D eigenvalue weighted by Crippen LogP contribution is -2.54. The van der Waals surface area contributed by atoms with Gasteiger partial charge in [0.1, 0.15) is 5.78 Å². The predicted molar refractivity (Wildman–Crippen MR) is 77.4 cm³/mol. The summed E-state index contributed by atoms with van der Waals surface area (Å²) < 4.78 is 4.88. The van der Waals surface area contributed by atoms with Crippen LogP contribution < -0.4 is 0 Å². The van der Waals surface area contributed by atoms with Gasteiger partial charge in [-0.2, -0.15) is 0 Å². The van der Waals surface area contributed by atoms with Crippen LogP contribution in [0.4, 0.5) is 4.79 Å². The summed E-state index contributed by atoms with van der Waals surface area (Å²) in [6.07, 6.45) is 4.18. The summed E-state index contributed by atoms with van der Waals surface area (Å²) in [6, 6.07) is 0. The molecule has 0 aromatic carbocycles. The molecule has 1 amide bonds. The Bertz CT molecular complexity index is 387. The summed E-state index contributed by atoms with van der Waals surface area (Å²) in [5.74, 6) is 0.828. The van der Waals surface area contributed by atoms with Gasteiger partial charge < -0.3 is 9.64 Å². The number of methoxy groups -OCH3 is 1. The third kappa shape index (κ3) is 2.84. The van der Waals surface area contributed by atoms with E-state index in [0.29, 0.717) is 24.5 Å². The zero-order valence-corrected chi connectivity index (χ0v) is 13.2. The molecule has 4 nitrogen and oxygen atoms in total. The van der Waals surface area contributed by atoms with Crippen molar-refractivity contribution in [2.24, 2.45) is 16.7 Å². The van der Waals surface area contributed by atoms with E-state index in [1.54, 1.807) is 0 Å². The first-order valence-corrected chi connectivity index (χ1v) is 7.63. The molecule has 2 rings (SSSR count). The Morgan fingerprint density at radius 1 is 1.25 bits per heavy atom. The van der Waals surface area contributed by atoms with Gasteiger partial charge in [0.2, 0.25) is 0 Å². The van der Waals surface area contributed by atoms with Crippen LogP contribution in [0.3, 0.4) is 0 Å². The largest absolute Gasteiger partial charge is 0.453 e. The maximum absolute atomic E-state index is 11.8. The zero-order chi connectivity index (χ0) is 15.0. The first kappa shape index (κ1) is 15.3. The summed E-state index contributed by atoms with van der Waals surface area (Å²) in [6.45, 7) is 8.25. The molecule has 0 N–H and O–H groups in total. The molecular formula is C16H27NO3. The molecule has 114 valence electrons. The highest BCUT2D eigenvalue weighted by molar-refractivity contribution is 5.79. The first-order valence-electron chi connectivity index (χ1n) is 7.63. The fourth-order valence-corrected chi connectivity index (χ4v) is 4.15. The first-order chi connectivity index (χ1) is 9.28. The lowest BCUT2D eigenvalue weighted by Gasteiger charge is -2.54. The van der Waals surface area contributed by atoms with Gasteiger partial charge in [0.25, 0.3) is 0 Å². The minimum absolute atomic E-state index is 0.132. The van der Waals surface area contributed by atoms with Crippen LogP contribution in [0, 0.1) is 16.7 Å². The molecule has 1 aliphatic heterocycles. The average Bonchev–Trinajstić information content (AvgIpc) is 2.40. The number of likely N-dealkylation sites (tertiary alicyclic amines) is 1. The molecule has 1 saturated heterocycles. The second-order valence-corrected chi connectivity index (χ2v) is 7.49. The Hall–Kier alpha value is -1.06. The number of Topliss-reactive ketones (excluding diaryl/α,β-unsaturated/α-hetero) is 1. The second-order valence-electron chi connectivity index (χ2n) is 7.49. The van der Waals surface area contributed by atoms with Crippen molar-refractivity contribution >= 4 is 11.9 Å². The molecule has 20 heavy (non-hydrogen) atoms. The highest BCUT2D eigenvalue weighted by Gasteiger charge is 2.49. The highest BCUT2D eigenvalue weighted by atomic mass is 16.5. The lowest BCUT2D eigenvalue weighted by molar-refractivity contribution is -0.126. The van der Waals surface area contributed by atoms with Crippen LogP contribution in [0.15, 0.2) is 0 Å². The second kappa shape index (κ2) is 5.38. The zero-order valence-electron chi connectivity index (χ0n) is 13.2. The van der Waals surface area contributed by atoms with Crippen molar-refractivity contribution in [2.45, 2.75) is 52.9 Å². The van der Waals surface area contributed by atoms with Crippen molar-refractivity contribution in [1.82, 2.24) is 4.90 Å². The maximum Gasteiger partial charge on any atom is 0.409 e. The van der Waals surface area contributed by atoms with E-state index in [-0.39, 0.29) is 16.9 Å². The quantitative estimate of drug-likeness (QED) is 0.684. The molecule has 1 heterocycles. The molecule has 0 aromatic rings. The molecule has 1 unspecified atom stereocenters. The number of rotatable bonds is 0. The smallest absolute Gasteiger partial charge is 0.409 e. The molecule has 0 radical (unpaired) electrons. The Morgan fingerprint density at radius 3 is 2.35 bits per heavy atom. The van der Waals surface area contributed by atoms with Gasteiger partial charge in [0.05, 0.1) is 7.11 Å². The molecule has 2 fully saturated rings. The number of hydrogen-bond donors (Lipinski definition) is 0. The summed E-state index contributed by atoms with van der Waals surface area (Å²) in [4.78, 5) is 25.2. The van der Waals surface area contributed by atoms with Crippen LogP contribution in [-0.2, 0) is 9.53 Å². The monoisotopic (exact) mass is 281 g/mol. The van der Waals surface area contributed by atoms with E-state index in [0.717, 1.165) is 32.4 Å². The topological polar surface area (TPSA) is 46.6 Å². The van der Waals surface area contributed by atoms with Gasteiger partial charge in [-0.15, -0.1) is 0 Å². The van der Waals surface area contributed by atoms with Crippen LogP contribution in [0.5, 0.6) is 0 Å². The fraction of sp³-hybridized carbons (Fsp3) is 0.875. The SMILES string of the molecule is COC(=O)N1CCC2(CCC(=O)CC2)C(C(C)(C)C)C1. The normalized spacial score (nSPS) is 26.7. The number of carbonyl (C=O) groups is 2. The van der Waals surface area contributed by atoms with Gasteiger partial charge >= 0.3 is 6.09 Å². The molecular weight excluding hydrogens is 254 g/mol. The number of amides is 1. The number of ketones is 1. The van der Waals surface area contributed by atoms with E-state index in [1.807, 2.05) is 4.90 Å². The van der Waals surface area contributed by atoms with Crippen molar-refractivity contribution < 1.29 is 14.3 Å². The molecule has 1 spiro atoms. The van der Waals surface area contributed by atoms with E-state index < -0.39 is 0 Å². The van der Waals surface area contributed by atoms with E-state index >= 15 is 0 Å². The fourth-order valence-electron chi connectivity index (χ4n) is 4.15. The Kier molecular flexibility index (Phi) is 4.12. The van der Waals surface area contributed by atoms with Crippen molar-refractivity contribution in [2.75, 3.05) is 20.2 Å². The number of piperidine rings is 1. The predicted octanol–water partition coefficient (Wildman–Crippen LogP) is 3.25. The summed E-state index contributed by atoms with van der Waals surface area (Å²) in [5.41, 5.74) is 0.365. The van der Waals surface area contributed by atoms with Crippen LogP contribution in [0.25, 0.3) is 0 Å². The number of nitrogens with zero attached hydrogens (tertiary/aromatic N) is 1. The Morgan fingerprint density at radius 2 is 1.85 bits per heavy atom. The molecule has 1 saturated carbocycles. The van der Waals surface area contributed by atoms with E-state index in [9.17, 15) is 9.59 Å². The molecule has 1 atom stereocenters. The maximum atomic E-state index is 11.8. The van der Waals surface area contributed by atoms with Crippen LogP contribution in [0.2, 0.25) is 0 Å². The average molecular weight is 281 g/mol. The van der Waals surface area contributed by atoms with Crippen LogP contribution in [0.1, 0.15) is 52.9 Å². The van der Waals surface area contributed by atoms with Gasteiger partial charge in [-0.05, 0) is 36.0 Å². The van der Waals surface area contributed by atoms with E-state index in [1.165, 1.54) is 7.11 Å². The van der Waals surface area contributed by atoms with E-state index in [4.69, 9.17) is 4.74 Å². The molecule has 0 aromatic heterocycles. The van der Waals surface area contributed by atoms with Gasteiger partial charge in [0.15, 0.2) is 0 Å². The van der Waals surface area contributed by atoms with Crippen LogP contribution >= 0.6 is 0 Å². The molecule has 1 aliphatic carbocycles. The Labute approximate surface area is 121 Å². The van der Waals surface area contributed by atoms with Gasteiger partial charge in [-0.1, -0.05) is 20.8 Å². The number of carbonyl (C=O) groups excluding carboxylic acids is 2. The number of ether oxygens (including phenoxy) is 1. The summed E-state index contributed by atoms with van der Waals surface area (Å²) >= 11 is 0. The molecule has 0 bridgehead atoms. The van der Waals surface area contributed by atoms with Crippen molar-refractivity contribution in [3.8, 4) is 0 Å². The molecule has 2 aliphatic rings. The summed E-state index contributed by atoms with van der Waals surface area (Å²) in [5, 5.41) is 0. The van der Waals surface area contributed by atoms with Gasteiger partial charge in [-0.3, -0.25) is 4.79 Å². The minimum Gasteiger partial charge on any atom is -0.453 e. The van der Waals surface area contributed by atoms with Crippen molar-refractivity contribution in [3.63, 3.8) is 0 Å². The molecule has 4 heteroatoms. The third-order valence-corrected chi connectivity index (χ3v) is 5.30. The van der Waals surface area contributed by atoms with Gasteiger partial charge in [-0.25, -0.2) is 4.79 Å². The van der Waals surface area contributed by atoms with Crippen LogP contribution in [-0.4, -0.2) is 37.0 Å². The van der Waals surface area contributed by atoms with Gasteiger partial charge in [0, 0.05) is 25.9 Å². The third-order valence-electron chi connectivity index (χ3n) is 5.30. The minimum atomic E-state index is -0.221. The van der Waals surface area contributed by atoms with Crippen molar-refractivity contribution in [3.05, 3.63) is 0 Å². The standard InChI is InChI=1S/C16H27NO3/c1-15(2,3)13-11-17(14(19)20-4)10-9-16(13)7-5-12(18)6-8-16/h13H,5-11H2,1-4H3. The number of hydrogen-bond acceptors (Lipinski definition) is 3. The van der Waals surface area contributed by atoms with Crippen molar-refractivity contribution in [1.29, 1.82) is 0 Å².